The first-order valence-electron chi connectivity index (χ1n) is 7.09. The van der Waals surface area contributed by atoms with Crippen molar-refractivity contribution in [1.82, 2.24) is 4.90 Å². The predicted octanol–water partition coefficient (Wildman–Crippen LogP) is 2.89. The van der Waals surface area contributed by atoms with E-state index >= 15 is 0 Å². The van der Waals surface area contributed by atoms with Crippen molar-refractivity contribution in [2.24, 2.45) is 0 Å². The number of urea groups is 1. The van der Waals surface area contributed by atoms with Gasteiger partial charge >= 0.3 is 6.03 Å². The van der Waals surface area contributed by atoms with Gasteiger partial charge in [0.2, 0.25) is 0 Å². The van der Waals surface area contributed by atoms with E-state index in [1.807, 2.05) is 6.07 Å². The van der Waals surface area contributed by atoms with Crippen LogP contribution in [-0.4, -0.2) is 36.7 Å². The molecule has 1 N–H and O–H groups in total. The average molecular weight is 309 g/mol. The van der Waals surface area contributed by atoms with Gasteiger partial charge in [0.1, 0.15) is 11.6 Å². The predicted molar refractivity (Wildman–Crippen MR) is 76.2 cm³/mol. The number of rotatable bonds is 5. The lowest BCUT2D eigenvalue weighted by atomic mass is 10.2. The third-order valence-electron chi connectivity index (χ3n) is 3.40. The fraction of sp³-hybridized carbons (Fsp3) is 0.467. The maximum Gasteiger partial charge on any atom is 0.322 e. The highest BCUT2D eigenvalue weighted by atomic mass is 19.1. The van der Waals surface area contributed by atoms with Crippen LogP contribution in [0.3, 0.4) is 0 Å². The van der Waals surface area contributed by atoms with Gasteiger partial charge in [-0.25, -0.2) is 13.6 Å². The zero-order valence-electron chi connectivity index (χ0n) is 12.0. The maximum absolute atomic E-state index is 13.6. The smallest absolute Gasteiger partial charge is 0.322 e. The molecule has 0 saturated carbocycles. The second kappa shape index (κ2) is 7.71. The molecular formula is C15H17F2N3O2. The number of halogens is 2. The van der Waals surface area contributed by atoms with Crippen LogP contribution in [-0.2, 0) is 4.74 Å². The molecule has 1 saturated heterocycles. The van der Waals surface area contributed by atoms with E-state index in [2.05, 4.69) is 5.32 Å². The molecule has 1 fully saturated rings. The summed E-state index contributed by atoms with van der Waals surface area (Å²) < 4.78 is 32.2. The molecule has 5 nitrogen and oxygen atoms in total. The second-order valence-corrected chi connectivity index (χ2v) is 5.04. The van der Waals surface area contributed by atoms with E-state index in [1.165, 1.54) is 4.90 Å². The Kier molecular flexibility index (Phi) is 5.67. The maximum atomic E-state index is 13.6. The van der Waals surface area contributed by atoms with Crippen LogP contribution in [0.25, 0.3) is 0 Å². The van der Waals surface area contributed by atoms with Crippen molar-refractivity contribution in [2.45, 2.75) is 25.4 Å². The summed E-state index contributed by atoms with van der Waals surface area (Å²) in [6, 6.07) is 4.24. The number of carbonyl (C=O) groups is 1. The van der Waals surface area contributed by atoms with Crippen LogP contribution in [0.5, 0.6) is 0 Å². The van der Waals surface area contributed by atoms with Crippen molar-refractivity contribution < 1.29 is 18.3 Å². The number of benzene rings is 1. The lowest BCUT2D eigenvalue weighted by molar-refractivity contribution is 0.0841. The molecule has 0 bridgehead atoms. The molecule has 1 heterocycles. The quantitative estimate of drug-likeness (QED) is 0.909. The van der Waals surface area contributed by atoms with E-state index in [0.29, 0.717) is 13.2 Å². The van der Waals surface area contributed by atoms with Crippen molar-refractivity contribution in [3.05, 3.63) is 29.8 Å². The Labute approximate surface area is 127 Å². The summed E-state index contributed by atoms with van der Waals surface area (Å²) in [5.74, 6) is -1.36. The van der Waals surface area contributed by atoms with Crippen LogP contribution < -0.4 is 5.32 Å². The molecule has 0 spiro atoms. The SMILES string of the molecule is N#CCCN(CC1CCCO1)C(=O)Nc1cc(F)ccc1F. The third-order valence-corrected chi connectivity index (χ3v) is 3.40. The first kappa shape index (κ1) is 16.2. The molecule has 0 radical (unpaired) electrons. The molecule has 1 aromatic rings. The van der Waals surface area contributed by atoms with E-state index in [1.54, 1.807) is 0 Å². The summed E-state index contributed by atoms with van der Waals surface area (Å²) >= 11 is 0. The number of nitriles is 1. The Balaban J connectivity index is 2.03. The monoisotopic (exact) mass is 309 g/mol. The highest BCUT2D eigenvalue weighted by Gasteiger charge is 2.23. The topological polar surface area (TPSA) is 65.4 Å². The van der Waals surface area contributed by atoms with E-state index in [0.717, 1.165) is 31.0 Å². The molecule has 0 aromatic heterocycles. The Morgan fingerprint density at radius 3 is 3.00 bits per heavy atom. The Morgan fingerprint density at radius 1 is 1.50 bits per heavy atom. The standard InChI is InChI=1S/C15H17F2N3O2/c16-11-4-5-13(17)14(9-11)19-15(21)20(7-2-6-18)10-12-3-1-8-22-12/h4-5,9,12H,1-3,7-8,10H2,(H,19,21). The zero-order valence-corrected chi connectivity index (χ0v) is 12.0. The molecule has 118 valence electrons. The van der Waals surface area contributed by atoms with Crippen LogP contribution in [0, 0.1) is 23.0 Å². The summed E-state index contributed by atoms with van der Waals surface area (Å²) in [6.45, 7) is 1.18. The third kappa shape index (κ3) is 4.40. The van der Waals surface area contributed by atoms with Crippen LogP contribution in [0.1, 0.15) is 19.3 Å². The van der Waals surface area contributed by atoms with E-state index in [-0.39, 0.29) is 24.8 Å². The van der Waals surface area contributed by atoms with Gasteiger partial charge in [-0.2, -0.15) is 5.26 Å². The Bertz CT molecular complexity index is 568. The number of ether oxygens (including phenoxy) is 1. The second-order valence-electron chi connectivity index (χ2n) is 5.04. The number of amides is 2. The van der Waals surface area contributed by atoms with Crippen LogP contribution >= 0.6 is 0 Å². The van der Waals surface area contributed by atoms with Gasteiger partial charge in [-0.3, -0.25) is 0 Å². The fourth-order valence-electron chi connectivity index (χ4n) is 2.28. The van der Waals surface area contributed by atoms with Crippen molar-refractivity contribution in [2.75, 3.05) is 25.0 Å². The van der Waals surface area contributed by atoms with Gasteiger partial charge in [0.05, 0.1) is 24.3 Å². The molecular weight excluding hydrogens is 292 g/mol. The number of hydrogen-bond donors (Lipinski definition) is 1. The van der Waals surface area contributed by atoms with Gasteiger partial charge in [-0.15, -0.1) is 0 Å². The lowest BCUT2D eigenvalue weighted by Crippen LogP contribution is -2.40. The first-order valence-corrected chi connectivity index (χ1v) is 7.09. The number of hydrogen-bond acceptors (Lipinski definition) is 3. The highest BCUT2D eigenvalue weighted by molar-refractivity contribution is 5.89. The first-order chi connectivity index (χ1) is 10.6. The minimum atomic E-state index is -0.716. The molecule has 22 heavy (non-hydrogen) atoms. The molecule has 7 heteroatoms. The minimum Gasteiger partial charge on any atom is -0.376 e. The van der Waals surface area contributed by atoms with Gasteiger partial charge in [0.25, 0.3) is 0 Å². The molecule has 1 aliphatic heterocycles. The molecule has 1 unspecified atom stereocenters. The summed E-state index contributed by atoms with van der Waals surface area (Å²) in [7, 11) is 0. The van der Waals surface area contributed by atoms with Crippen molar-refractivity contribution in [1.29, 1.82) is 5.26 Å². The fourth-order valence-corrected chi connectivity index (χ4v) is 2.28. The summed E-state index contributed by atoms with van der Waals surface area (Å²) in [6.07, 6.45) is 1.84. The van der Waals surface area contributed by atoms with Crippen molar-refractivity contribution in [3.8, 4) is 6.07 Å². The van der Waals surface area contributed by atoms with Gasteiger partial charge in [0, 0.05) is 25.8 Å². The molecule has 2 rings (SSSR count). The normalized spacial score (nSPS) is 17.0. The van der Waals surface area contributed by atoms with Gasteiger partial charge in [-0.1, -0.05) is 0 Å². The highest BCUT2D eigenvalue weighted by Crippen LogP contribution is 2.17. The van der Waals surface area contributed by atoms with Crippen LogP contribution in [0.2, 0.25) is 0 Å². The summed E-state index contributed by atoms with van der Waals surface area (Å²) in [5.41, 5.74) is -0.223. The van der Waals surface area contributed by atoms with Crippen LogP contribution in [0.15, 0.2) is 18.2 Å². The van der Waals surface area contributed by atoms with Crippen molar-refractivity contribution in [3.63, 3.8) is 0 Å². The van der Waals surface area contributed by atoms with Crippen molar-refractivity contribution >= 4 is 11.7 Å². The van der Waals surface area contributed by atoms with Crippen LogP contribution in [0.4, 0.5) is 19.3 Å². The molecule has 2 amide bonds. The zero-order chi connectivity index (χ0) is 15.9. The van der Waals surface area contributed by atoms with E-state index in [9.17, 15) is 13.6 Å². The van der Waals surface area contributed by atoms with E-state index in [4.69, 9.17) is 10.00 Å². The lowest BCUT2D eigenvalue weighted by Gasteiger charge is -2.25. The van der Waals surface area contributed by atoms with Gasteiger partial charge in [-0.05, 0) is 25.0 Å². The van der Waals surface area contributed by atoms with Gasteiger partial charge in [0.15, 0.2) is 0 Å². The Hall–Kier alpha value is -2.20. The molecule has 0 aliphatic carbocycles. The van der Waals surface area contributed by atoms with E-state index < -0.39 is 17.7 Å². The number of anilines is 1. The Morgan fingerprint density at radius 2 is 2.32 bits per heavy atom. The average Bonchev–Trinajstić information content (AvgIpc) is 3.00. The molecule has 1 aliphatic rings. The largest absolute Gasteiger partial charge is 0.376 e. The number of nitrogens with one attached hydrogen (secondary N) is 1. The summed E-state index contributed by atoms with van der Waals surface area (Å²) in [4.78, 5) is 13.6. The minimum absolute atomic E-state index is 0.0817. The number of nitrogens with zero attached hydrogens (tertiary/aromatic N) is 2. The van der Waals surface area contributed by atoms with Gasteiger partial charge < -0.3 is 15.0 Å². The number of carbonyl (C=O) groups excluding carboxylic acids is 1. The summed E-state index contributed by atoms with van der Waals surface area (Å²) in [5, 5.41) is 11.0. The molecule has 1 atom stereocenters. The molecule has 1 aromatic carbocycles.